The Hall–Kier alpha value is -1.56. The van der Waals surface area contributed by atoms with Crippen LogP contribution in [0.4, 0.5) is 17.6 Å². The summed E-state index contributed by atoms with van der Waals surface area (Å²) in [5.74, 6) is 1.30. The SMILES string of the molecule is CN(CCCCCO)c1cc(N)nc(N)n1. The van der Waals surface area contributed by atoms with Crippen molar-refractivity contribution in [3.05, 3.63) is 6.07 Å². The second kappa shape index (κ2) is 6.12. The van der Waals surface area contributed by atoms with Gasteiger partial charge in [-0.15, -0.1) is 0 Å². The lowest BCUT2D eigenvalue weighted by atomic mass is 10.2. The number of aliphatic hydroxyl groups excluding tert-OH is 1. The van der Waals surface area contributed by atoms with Gasteiger partial charge < -0.3 is 21.5 Å². The second-order valence-electron chi connectivity index (χ2n) is 3.72. The van der Waals surface area contributed by atoms with Gasteiger partial charge in [0.2, 0.25) is 5.95 Å². The number of anilines is 3. The Morgan fingerprint density at radius 1 is 1.25 bits per heavy atom. The number of nitrogens with zero attached hydrogens (tertiary/aromatic N) is 3. The van der Waals surface area contributed by atoms with E-state index in [1.807, 2.05) is 11.9 Å². The number of aliphatic hydroxyl groups is 1. The minimum atomic E-state index is 0.192. The van der Waals surface area contributed by atoms with Crippen molar-refractivity contribution in [2.45, 2.75) is 19.3 Å². The van der Waals surface area contributed by atoms with Crippen LogP contribution in [-0.2, 0) is 0 Å². The van der Waals surface area contributed by atoms with Crippen molar-refractivity contribution in [2.75, 3.05) is 36.6 Å². The smallest absolute Gasteiger partial charge is 0.223 e. The van der Waals surface area contributed by atoms with Crippen molar-refractivity contribution in [1.82, 2.24) is 9.97 Å². The highest BCUT2D eigenvalue weighted by atomic mass is 16.2. The lowest BCUT2D eigenvalue weighted by Crippen LogP contribution is -2.20. The van der Waals surface area contributed by atoms with Crippen LogP contribution in [0, 0.1) is 0 Å². The third-order valence-electron chi connectivity index (χ3n) is 2.29. The molecule has 0 radical (unpaired) electrons. The van der Waals surface area contributed by atoms with Gasteiger partial charge in [0.1, 0.15) is 11.6 Å². The predicted octanol–water partition coefficient (Wildman–Crippen LogP) is 0.240. The lowest BCUT2D eigenvalue weighted by Gasteiger charge is -2.18. The molecule has 16 heavy (non-hydrogen) atoms. The van der Waals surface area contributed by atoms with Crippen molar-refractivity contribution in [3.8, 4) is 0 Å². The molecule has 0 aliphatic heterocycles. The minimum Gasteiger partial charge on any atom is -0.396 e. The van der Waals surface area contributed by atoms with Gasteiger partial charge in [-0.05, 0) is 19.3 Å². The Labute approximate surface area is 95.3 Å². The van der Waals surface area contributed by atoms with E-state index < -0.39 is 0 Å². The van der Waals surface area contributed by atoms with Gasteiger partial charge in [-0.1, -0.05) is 0 Å². The zero-order valence-electron chi connectivity index (χ0n) is 9.56. The van der Waals surface area contributed by atoms with Gasteiger partial charge >= 0.3 is 0 Å². The molecule has 0 saturated heterocycles. The molecule has 0 fully saturated rings. The Morgan fingerprint density at radius 2 is 2.00 bits per heavy atom. The maximum Gasteiger partial charge on any atom is 0.223 e. The van der Waals surface area contributed by atoms with Crippen LogP contribution in [0.25, 0.3) is 0 Å². The molecule has 0 aromatic carbocycles. The first-order valence-corrected chi connectivity index (χ1v) is 5.35. The summed E-state index contributed by atoms with van der Waals surface area (Å²) in [4.78, 5) is 9.89. The second-order valence-corrected chi connectivity index (χ2v) is 3.72. The average molecular weight is 225 g/mol. The maximum absolute atomic E-state index is 8.65. The molecule has 0 aliphatic rings. The Bertz CT molecular complexity index is 311. The van der Waals surface area contributed by atoms with E-state index in [0.29, 0.717) is 5.82 Å². The molecule has 0 saturated carbocycles. The van der Waals surface area contributed by atoms with Gasteiger partial charge in [0.25, 0.3) is 0 Å². The van der Waals surface area contributed by atoms with E-state index >= 15 is 0 Å². The van der Waals surface area contributed by atoms with Crippen molar-refractivity contribution in [1.29, 1.82) is 0 Å². The van der Waals surface area contributed by atoms with Crippen LogP contribution in [0.2, 0.25) is 0 Å². The molecule has 0 unspecified atom stereocenters. The molecule has 6 nitrogen and oxygen atoms in total. The molecular formula is C10H19N5O. The standard InChI is InChI=1S/C10H19N5O/c1-15(5-3-2-4-6-16)9-7-8(11)13-10(12)14-9/h7,16H,2-6H2,1H3,(H4,11,12,13,14). The van der Waals surface area contributed by atoms with Crippen molar-refractivity contribution >= 4 is 17.6 Å². The van der Waals surface area contributed by atoms with E-state index in [-0.39, 0.29) is 12.6 Å². The number of hydrogen-bond donors (Lipinski definition) is 3. The Morgan fingerprint density at radius 3 is 2.62 bits per heavy atom. The number of hydrogen-bond acceptors (Lipinski definition) is 6. The van der Waals surface area contributed by atoms with E-state index in [1.165, 1.54) is 0 Å². The number of nitrogen functional groups attached to an aromatic ring is 2. The van der Waals surface area contributed by atoms with Crippen LogP contribution >= 0.6 is 0 Å². The van der Waals surface area contributed by atoms with Crippen LogP contribution in [-0.4, -0.2) is 35.3 Å². The van der Waals surface area contributed by atoms with Gasteiger partial charge in [0.15, 0.2) is 0 Å². The summed E-state index contributed by atoms with van der Waals surface area (Å²) in [6, 6.07) is 1.70. The summed E-state index contributed by atoms with van der Waals surface area (Å²) in [5, 5.41) is 8.65. The highest BCUT2D eigenvalue weighted by Gasteiger charge is 2.04. The largest absolute Gasteiger partial charge is 0.396 e. The molecule has 6 heteroatoms. The van der Waals surface area contributed by atoms with Gasteiger partial charge in [-0.3, -0.25) is 0 Å². The summed E-state index contributed by atoms with van der Waals surface area (Å²) in [6.45, 7) is 1.10. The van der Waals surface area contributed by atoms with Crippen LogP contribution in [0.1, 0.15) is 19.3 Å². The van der Waals surface area contributed by atoms with Crippen LogP contribution in [0.5, 0.6) is 0 Å². The number of rotatable bonds is 6. The molecule has 5 N–H and O–H groups in total. The molecule has 0 spiro atoms. The quantitative estimate of drug-likeness (QED) is 0.599. The molecule has 0 bridgehead atoms. The van der Waals surface area contributed by atoms with Crippen LogP contribution in [0.15, 0.2) is 6.07 Å². The molecule has 90 valence electrons. The van der Waals surface area contributed by atoms with Crippen molar-refractivity contribution in [3.63, 3.8) is 0 Å². The summed E-state index contributed by atoms with van der Waals surface area (Å²) < 4.78 is 0. The third-order valence-corrected chi connectivity index (χ3v) is 2.29. The normalized spacial score (nSPS) is 10.4. The van der Waals surface area contributed by atoms with Gasteiger partial charge in [-0.2, -0.15) is 9.97 Å². The summed E-state index contributed by atoms with van der Waals surface area (Å²) in [5.41, 5.74) is 11.1. The molecule has 0 aliphatic carbocycles. The van der Waals surface area contributed by atoms with E-state index in [2.05, 4.69) is 9.97 Å². The fraction of sp³-hybridized carbons (Fsp3) is 0.600. The predicted molar refractivity (Wildman–Crippen MR) is 65.1 cm³/mol. The van der Waals surface area contributed by atoms with E-state index in [1.54, 1.807) is 6.07 Å². The Balaban J connectivity index is 2.48. The summed E-state index contributed by atoms with van der Waals surface area (Å²) >= 11 is 0. The highest BCUT2D eigenvalue weighted by Crippen LogP contribution is 2.14. The number of aromatic nitrogens is 2. The molecule has 0 amide bonds. The van der Waals surface area contributed by atoms with Crippen molar-refractivity contribution < 1.29 is 5.11 Å². The van der Waals surface area contributed by atoms with Crippen LogP contribution < -0.4 is 16.4 Å². The minimum absolute atomic E-state index is 0.192. The van der Waals surface area contributed by atoms with Gasteiger partial charge in [0.05, 0.1) is 0 Å². The first-order valence-electron chi connectivity index (χ1n) is 5.35. The maximum atomic E-state index is 8.65. The summed E-state index contributed by atoms with van der Waals surface area (Å²) in [7, 11) is 1.93. The lowest BCUT2D eigenvalue weighted by molar-refractivity contribution is 0.283. The zero-order valence-corrected chi connectivity index (χ0v) is 9.56. The fourth-order valence-electron chi connectivity index (χ4n) is 1.42. The Kier molecular flexibility index (Phi) is 4.78. The summed E-state index contributed by atoms with van der Waals surface area (Å²) in [6.07, 6.45) is 2.83. The highest BCUT2D eigenvalue weighted by molar-refractivity contribution is 5.49. The first-order chi connectivity index (χ1) is 7.63. The average Bonchev–Trinajstić information content (AvgIpc) is 2.22. The van der Waals surface area contributed by atoms with E-state index in [0.717, 1.165) is 31.6 Å². The fourth-order valence-corrected chi connectivity index (χ4v) is 1.42. The van der Waals surface area contributed by atoms with Crippen molar-refractivity contribution in [2.24, 2.45) is 0 Å². The monoisotopic (exact) mass is 225 g/mol. The van der Waals surface area contributed by atoms with Gasteiger partial charge in [0, 0.05) is 26.3 Å². The van der Waals surface area contributed by atoms with E-state index in [4.69, 9.17) is 16.6 Å². The first kappa shape index (κ1) is 12.5. The third kappa shape index (κ3) is 3.90. The van der Waals surface area contributed by atoms with Gasteiger partial charge in [-0.25, -0.2) is 0 Å². The zero-order chi connectivity index (χ0) is 12.0. The molecule has 1 aromatic heterocycles. The molecule has 0 atom stereocenters. The van der Waals surface area contributed by atoms with E-state index in [9.17, 15) is 0 Å². The molecule has 1 aromatic rings. The molecule has 1 heterocycles. The number of unbranched alkanes of at least 4 members (excludes halogenated alkanes) is 2. The molecular weight excluding hydrogens is 206 g/mol. The molecule has 1 rings (SSSR count). The topological polar surface area (TPSA) is 101 Å². The van der Waals surface area contributed by atoms with Crippen LogP contribution in [0.3, 0.4) is 0 Å². The number of nitrogens with two attached hydrogens (primary N) is 2.